The van der Waals surface area contributed by atoms with E-state index >= 15 is 0 Å². The number of nitro groups is 1. The topological polar surface area (TPSA) is 108 Å². The fourth-order valence-corrected chi connectivity index (χ4v) is 2.52. The third-order valence-electron chi connectivity index (χ3n) is 3.82. The number of amides is 1. The minimum Gasteiger partial charge on any atom is -0.486 e. The number of rotatable bonds is 6. The molecule has 0 saturated carbocycles. The molecule has 0 aliphatic heterocycles. The number of non-ortho nitro benzene ring substituents is 1. The van der Waals surface area contributed by atoms with Crippen molar-refractivity contribution in [3.8, 4) is 5.75 Å². The largest absolute Gasteiger partial charge is 0.486 e. The number of nitrogens with one attached hydrogen (secondary N) is 1. The fraction of sp³-hybridized carbons (Fsp3) is 0.111. The number of aryl methyl sites for hydroxylation is 1. The smallest absolute Gasteiger partial charge is 0.278 e. The van der Waals surface area contributed by atoms with Gasteiger partial charge in [0, 0.05) is 12.1 Å². The zero-order valence-electron chi connectivity index (χ0n) is 14.4. The number of halogens is 2. The number of carbonyl (C=O) groups is 1. The molecule has 0 radical (unpaired) electrons. The third-order valence-corrected chi connectivity index (χ3v) is 4.15. The Morgan fingerprint density at radius 3 is 2.82 bits per heavy atom. The van der Waals surface area contributed by atoms with Gasteiger partial charge in [0.15, 0.2) is 17.3 Å². The number of para-hydroxylation sites is 1. The Balaban J connectivity index is 1.81. The Bertz CT molecular complexity index is 1050. The normalized spacial score (nSPS) is 10.5. The summed E-state index contributed by atoms with van der Waals surface area (Å²) in [6.45, 7) is 1.41. The van der Waals surface area contributed by atoms with Gasteiger partial charge in [-0.15, -0.1) is 0 Å². The summed E-state index contributed by atoms with van der Waals surface area (Å²) < 4.78 is 24.1. The van der Waals surface area contributed by atoms with Crippen LogP contribution >= 0.6 is 11.6 Å². The SMILES string of the molecule is Cc1onc(C(=O)Nc2cc([N+](=O)[O-])ccc2Cl)c1COc1ccccc1F. The van der Waals surface area contributed by atoms with E-state index in [2.05, 4.69) is 10.5 Å². The van der Waals surface area contributed by atoms with Crippen molar-refractivity contribution in [2.75, 3.05) is 5.32 Å². The van der Waals surface area contributed by atoms with Crippen molar-refractivity contribution in [3.05, 3.63) is 80.4 Å². The maximum Gasteiger partial charge on any atom is 0.278 e. The Morgan fingerprint density at radius 1 is 1.36 bits per heavy atom. The minimum atomic E-state index is -0.702. The summed E-state index contributed by atoms with van der Waals surface area (Å²) in [5.74, 6) is -0.930. The predicted octanol–water partition coefficient (Wildman–Crippen LogP) is 4.52. The molecule has 0 saturated heterocycles. The number of hydrogen-bond donors (Lipinski definition) is 1. The summed E-state index contributed by atoms with van der Waals surface area (Å²) in [5.41, 5.74) is 0.0142. The summed E-state index contributed by atoms with van der Waals surface area (Å²) in [4.78, 5) is 22.9. The van der Waals surface area contributed by atoms with Crippen LogP contribution in [0.25, 0.3) is 0 Å². The van der Waals surface area contributed by atoms with Crippen LogP contribution in [0.15, 0.2) is 47.0 Å². The van der Waals surface area contributed by atoms with Gasteiger partial charge in [0.1, 0.15) is 12.4 Å². The molecule has 3 rings (SSSR count). The van der Waals surface area contributed by atoms with E-state index in [0.717, 1.165) is 6.07 Å². The van der Waals surface area contributed by atoms with E-state index in [1.807, 2.05) is 0 Å². The van der Waals surface area contributed by atoms with E-state index in [1.165, 1.54) is 30.3 Å². The van der Waals surface area contributed by atoms with E-state index in [-0.39, 0.29) is 34.4 Å². The number of anilines is 1. The summed E-state index contributed by atoms with van der Waals surface area (Å²) in [5, 5.41) is 17.2. The van der Waals surface area contributed by atoms with Gasteiger partial charge in [-0.3, -0.25) is 14.9 Å². The second-order valence-electron chi connectivity index (χ2n) is 5.66. The lowest BCUT2D eigenvalue weighted by Gasteiger charge is -2.09. The van der Waals surface area contributed by atoms with Crippen LogP contribution in [0.2, 0.25) is 5.02 Å². The molecular formula is C18H13ClFN3O5. The molecule has 0 spiro atoms. The molecule has 0 unspecified atom stereocenters. The first kappa shape index (κ1) is 19.3. The lowest BCUT2D eigenvalue weighted by molar-refractivity contribution is -0.384. The number of carbonyl (C=O) groups excluding carboxylic acids is 1. The van der Waals surface area contributed by atoms with Crippen LogP contribution in [0, 0.1) is 22.9 Å². The van der Waals surface area contributed by atoms with Gasteiger partial charge in [-0.05, 0) is 25.1 Å². The van der Waals surface area contributed by atoms with Crippen LogP contribution in [0.5, 0.6) is 5.75 Å². The van der Waals surface area contributed by atoms with Gasteiger partial charge < -0.3 is 14.6 Å². The maximum absolute atomic E-state index is 13.7. The van der Waals surface area contributed by atoms with Crippen LogP contribution in [-0.4, -0.2) is 16.0 Å². The molecule has 144 valence electrons. The molecule has 28 heavy (non-hydrogen) atoms. The lowest BCUT2D eigenvalue weighted by Crippen LogP contribution is -2.16. The number of ether oxygens (including phenoxy) is 1. The zero-order valence-corrected chi connectivity index (χ0v) is 15.2. The van der Waals surface area contributed by atoms with Crippen LogP contribution in [0.1, 0.15) is 21.8 Å². The molecule has 1 amide bonds. The van der Waals surface area contributed by atoms with Crippen molar-refractivity contribution >= 4 is 28.9 Å². The first-order valence-corrected chi connectivity index (χ1v) is 8.32. The van der Waals surface area contributed by atoms with Gasteiger partial charge in [0.25, 0.3) is 11.6 Å². The highest BCUT2D eigenvalue weighted by Gasteiger charge is 2.22. The molecule has 0 atom stereocenters. The number of aromatic nitrogens is 1. The molecule has 8 nitrogen and oxygen atoms in total. The standard InChI is InChI=1S/C18H13ClFN3O5/c1-10-12(9-27-16-5-3-2-4-14(16)20)17(22-28-10)18(24)21-15-8-11(23(25)26)6-7-13(15)19/h2-8H,9H2,1H3,(H,21,24). The Hall–Kier alpha value is -3.46. The molecular weight excluding hydrogens is 393 g/mol. The van der Waals surface area contributed by atoms with Gasteiger partial charge >= 0.3 is 0 Å². The number of hydrogen-bond acceptors (Lipinski definition) is 6. The maximum atomic E-state index is 13.7. The fourth-order valence-electron chi connectivity index (χ4n) is 2.36. The van der Waals surface area contributed by atoms with Gasteiger partial charge in [0.05, 0.1) is 21.2 Å². The van der Waals surface area contributed by atoms with Gasteiger partial charge in [-0.1, -0.05) is 28.9 Å². The molecule has 0 aliphatic rings. The second kappa shape index (κ2) is 8.05. The molecule has 0 fully saturated rings. The number of benzene rings is 2. The molecule has 3 aromatic rings. The molecule has 2 aromatic carbocycles. The van der Waals surface area contributed by atoms with Crippen molar-refractivity contribution in [1.29, 1.82) is 0 Å². The van der Waals surface area contributed by atoms with E-state index in [0.29, 0.717) is 11.3 Å². The molecule has 0 bridgehead atoms. The van der Waals surface area contributed by atoms with E-state index < -0.39 is 16.6 Å². The monoisotopic (exact) mass is 405 g/mol. The highest BCUT2D eigenvalue weighted by Crippen LogP contribution is 2.28. The van der Waals surface area contributed by atoms with Crippen molar-refractivity contribution in [2.24, 2.45) is 0 Å². The zero-order chi connectivity index (χ0) is 20.3. The molecule has 0 aliphatic carbocycles. The Morgan fingerprint density at radius 2 is 2.11 bits per heavy atom. The van der Waals surface area contributed by atoms with Gasteiger partial charge in [-0.2, -0.15) is 0 Å². The quantitative estimate of drug-likeness (QED) is 0.477. The minimum absolute atomic E-state index is 0.0104. The average molecular weight is 406 g/mol. The summed E-state index contributed by atoms with van der Waals surface area (Å²) in [6.07, 6.45) is 0. The number of nitrogens with zero attached hydrogens (tertiary/aromatic N) is 2. The Labute approximate surface area is 163 Å². The van der Waals surface area contributed by atoms with Crippen molar-refractivity contribution < 1.29 is 23.4 Å². The van der Waals surface area contributed by atoms with Crippen molar-refractivity contribution in [1.82, 2.24) is 5.16 Å². The van der Waals surface area contributed by atoms with Crippen LogP contribution in [-0.2, 0) is 6.61 Å². The van der Waals surface area contributed by atoms with Gasteiger partial charge in [0.2, 0.25) is 0 Å². The highest BCUT2D eigenvalue weighted by atomic mass is 35.5. The van der Waals surface area contributed by atoms with E-state index in [1.54, 1.807) is 13.0 Å². The van der Waals surface area contributed by atoms with E-state index in [4.69, 9.17) is 20.9 Å². The first-order valence-electron chi connectivity index (χ1n) is 7.94. The summed E-state index contributed by atoms with van der Waals surface area (Å²) >= 11 is 5.99. The first-order chi connectivity index (χ1) is 13.4. The molecule has 1 N–H and O–H groups in total. The van der Waals surface area contributed by atoms with Crippen LogP contribution in [0.3, 0.4) is 0 Å². The molecule has 1 aromatic heterocycles. The molecule has 10 heteroatoms. The third kappa shape index (κ3) is 4.09. The predicted molar refractivity (Wildman–Crippen MR) is 98.0 cm³/mol. The van der Waals surface area contributed by atoms with E-state index in [9.17, 15) is 19.3 Å². The summed E-state index contributed by atoms with van der Waals surface area (Å²) in [6, 6.07) is 9.46. The highest BCUT2D eigenvalue weighted by molar-refractivity contribution is 6.34. The second-order valence-corrected chi connectivity index (χ2v) is 6.07. The number of nitro benzene ring substituents is 1. The lowest BCUT2D eigenvalue weighted by atomic mass is 10.2. The van der Waals surface area contributed by atoms with Crippen molar-refractivity contribution in [3.63, 3.8) is 0 Å². The van der Waals surface area contributed by atoms with Gasteiger partial charge in [-0.25, -0.2) is 4.39 Å². The average Bonchev–Trinajstić information content (AvgIpc) is 3.03. The van der Waals surface area contributed by atoms with Crippen LogP contribution in [0.4, 0.5) is 15.8 Å². The van der Waals surface area contributed by atoms with Crippen molar-refractivity contribution in [2.45, 2.75) is 13.5 Å². The molecule has 1 heterocycles. The van der Waals surface area contributed by atoms with Crippen LogP contribution < -0.4 is 10.1 Å². The summed E-state index contributed by atoms with van der Waals surface area (Å²) in [7, 11) is 0. The Kier molecular flexibility index (Phi) is 5.55.